The molecule has 2 atom stereocenters. The number of benzene rings is 1. The minimum atomic E-state index is 0.228. The van der Waals surface area contributed by atoms with Gasteiger partial charge in [-0.15, -0.1) is 0 Å². The van der Waals surface area contributed by atoms with Crippen molar-refractivity contribution in [1.29, 1.82) is 0 Å². The van der Waals surface area contributed by atoms with Gasteiger partial charge >= 0.3 is 0 Å². The Balaban J connectivity index is 2.06. The maximum absolute atomic E-state index is 6.25. The first-order chi connectivity index (χ1) is 9.18. The molecule has 2 aromatic rings. The lowest BCUT2D eigenvalue weighted by molar-refractivity contribution is 0.521. The first-order valence-electron chi connectivity index (χ1n) is 7.19. The summed E-state index contributed by atoms with van der Waals surface area (Å²) in [6.45, 7) is 4.48. The van der Waals surface area contributed by atoms with Gasteiger partial charge in [-0.3, -0.25) is 0 Å². The number of nitrogens with two attached hydrogens (primary N) is 1. The summed E-state index contributed by atoms with van der Waals surface area (Å²) in [4.78, 5) is 0. The number of aryl methyl sites for hydroxylation is 1. The standard InChI is InChI=1S/C17H22N2/c1-12-11-15-16(18)9-6-10-17(15)19(12)13(2)14-7-4-3-5-8-14/h3-5,7-8,11,13,16H,6,9-10,18H2,1-2H3. The molecule has 1 aliphatic carbocycles. The third-order valence-corrected chi connectivity index (χ3v) is 4.37. The van der Waals surface area contributed by atoms with Gasteiger partial charge in [0.2, 0.25) is 0 Å². The second-order valence-corrected chi connectivity index (χ2v) is 5.64. The number of aromatic nitrogens is 1. The lowest BCUT2D eigenvalue weighted by Crippen LogP contribution is -2.20. The first kappa shape index (κ1) is 12.5. The van der Waals surface area contributed by atoms with Crippen LogP contribution in [-0.2, 0) is 6.42 Å². The topological polar surface area (TPSA) is 30.9 Å². The van der Waals surface area contributed by atoms with Crippen LogP contribution in [0.4, 0.5) is 0 Å². The average Bonchev–Trinajstić information content (AvgIpc) is 2.77. The molecule has 1 aromatic heterocycles. The van der Waals surface area contributed by atoms with Crippen LogP contribution in [0.2, 0.25) is 0 Å². The molecule has 1 aromatic carbocycles. The normalized spacial score (nSPS) is 20.1. The molecular formula is C17H22N2. The highest BCUT2D eigenvalue weighted by Gasteiger charge is 2.24. The molecule has 0 saturated heterocycles. The van der Waals surface area contributed by atoms with Crippen LogP contribution in [0.25, 0.3) is 0 Å². The van der Waals surface area contributed by atoms with E-state index in [-0.39, 0.29) is 6.04 Å². The van der Waals surface area contributed by atoms with Crippen LogP contribution in [0.15, 0.2) is 36.4 Å². The second-order valence-electron chi connectivity index (χ2n) is 5.64. The van der Waals surface area contributed by atoms with Crippen LogP contribution in [0.1, 0.15) is 54.4 Å². The van der Waals surface area contributed by atoms with Crippen molar-refractivity contribution >= 4 is 0 Å². The van der Waals surface area contributed by atoms with E-state index in [9.17, 15) is 0 Å². The lowest BCUT2D eigenvalue weighted by atomic mass is 9.93. The Bertz CT molecular complexity index is 568. The molecule has 19 heavy (non-hydrogen) atoms. The molecule has 3 rings (SSSR count). The fraction of sp³-hybridized carbons (Fsp3) is 0.412. The fourth-order valence-corrected chi connectivity index (χ4v) is 3.38. The Morgan fingerprint density at radius 1 is 1.26 bits per heavy atom. The summed E-state index contributed by atoms with van der Waals surface area (Å²) >= 11 is 0. The van der Waals surface area contributed by atoms with E-state index in [0.29, 0.717) is 6.04 Å². The molecular weight excluding hydrogens is 232 g/mol. The molecule has 2 heteroatoms. The summed E-state index contributed by atoms with van der Waals surface area (Å²) < 4.78 is 2.48. The fourth-order valence-electron chi connectivity index (χ4n) is 3.38. The lowest BCUT2D eigenvalue weighted by Gasteiger charge is -2.25. The van der Waals surface area contributed by atoms with E-state index in [1.165, 1.54) is 28.9 Å². The predicted molar refractivity (Wildman–Crippen MR) is 79.3 cm³/mol. The zero-order valence-electron chi connectivity index (χ0n) is 11.8. The molecule has 2 unspecified atom stereocenters. The Morgan fingerprint density at radius 2 is 2.00 bits per heavy atom. The molecule has 1 heterocycles. The summed E-state index contributed by atoms with van der Waals surface area (Å²) in [6.07, 6.45) is 3.49. The first-order valence-corrected chi connectivity index (χ1v) is 7.19. The number of rotatable bonds is 2. The monoisotopic (exact) mass is 254 g/mol. The van der Waals surface area contributed by atoms with Crippen LogP contribution in [0, 0.1) is 6.92 Å². The summed E-state index contributed by atoms with van der Waals surface area (Å²) in [5, 5.41) is 0. The summed E-state index contributed by atoms with van der Waals surface area (Å²) in [7, 11) is 0. The van der Waals surface area contributed by atoms with Gasteiger partial charge in [0, 0.05) is 17.4 Å². The van der Waals surface area contributed by atoms with Crippen molar-refractivity contribution in [3.8, 4) is 0 Å². The molecule has 0 radical (unpaired) electrons. The summed E-state index contributed by atoms with van der Waals surface area (Å²) in [5.41, 5.74) is 11.8. The van der Waals surface area contributed by atoms with Gasteiger partial charge in [-0.1, -0.05) is 30.3 Å². The molecule has 1 aliphatic rings. The van der Waals surface area contributed by atoms with E-state index in [0.717, 1.165) is 12.8 Å². The van der Waals surface area contributed by atoms with Crippen molar-refractivity contribution < 1.29 is 0 Å². The highest BCUT2D eigenvalue weighted by molar-refractivity contribution is 5.35. The highest BCUT2D eigenvalue weighted by Crippen LogP contribution is 2.34. The van der Waals surface area contributed by atoms with Gasteiger partial charge < -0.3 is 10.3 Å². The Hall–Kier alpha value is -1.54. The van der Waals surface area contributed by atoms with Gasteiger partial charge in [0.05, 0.1) is 6.04 Å². The van der Waals surface area contributed by atoms with Crippen LogP contribution >= 0.6 is 0 Å². The number of hydrogen-bond acceptors (Lipinski definition) is 1. The summed E-state index contributed by atoms with van der Waals surface area (Å²) in [5.74, 6) is 0. The molecule has 0 saturated carbocycles. The van der Waals surface area contributed by atoms with E-state index in [2.05, 4.69) is 54.8 Å². The largest absolute Gasteiger partial charge is 0.341 e. The van der Waals surface area contributed by atoms with Gasteiger partial charge in [-0.05, 0) is 50.3 Å². The van der Waals surface area contributed by atoms with Gasteiger partial charge in [0.1, 0.15) is 0 Å². The van der Waals surface area contributed by atoms with Crippen molar-refractivity contribution in [2.75, 3.05) is 0 Å². The smallest absolute Gasteiger partial charge is 0.0557 e. The molecule has 0 spiro atoms. The summed E-state index contributed by atoms with van der Waals surface area (Å²) in [6, 6.07) is 13.6. The Morgan fingerprint density at radius 3 is 2.74 bits per heavy atom. The maximum atomic E-state index is 6.25. The molecule has 2 N–H and O–H groups in total. The minimum absolute atomic E-state index is 0.228. The zero-order valence-corrected chi connectivity index (χ0v) is 11.8. The Labute approximate surface area is 115 Å². The Kier molecular flexibility index (Phi) is 3.19. The van der Waals surface area contributed by atoms with Crippen LogP contribution in [0.5, 0.6) is 0 Å². The number of hydrogen-bond donors (Lipinski definition) is 1. The van der Waals surface area contributed by atoms with E-state index in [4.69, 9.17) is 5.73 Å². The average molecular weight is 254 g/mol. The molecule has 0 bridgehead atoms. The third kappa shape index (κ3) is 2.10. The quantitative estimate of drug-likeness (QED) is 0.869. The zero-order chi connectivity index (χ0) is 13.4. The van der Waals surface area contributed by atoms with Crippen molar-refractivity contribution in [2.45, 2.75) is 45.2 Å². The van der Waals surface area contributed by atoms with Crippen molar-refractivity contribution in [2.24, 2.45) is 5.73 Å². The van der Waals surface area contributed by atoms with E-state index < -0.39 is 0 Å². The third-order valence-electron chi connectivity index (χ3n) is 4.37. The van der Waals surface area contributed by atoms with Gasteiger partial charge in [0.15, 0.2) is 0 Å². The number of fused-ring (bicyclic) bond motifs is 1. The van der Waals surface area contributed by atoms with E-state index in [1.807, 2.05) is 0 Å². The second kappa shape index (κ2) is 4.86. The maximum Gasteiger partial charge on any atom is 0.0557 e. The SMILES string of the molecule is Cc1cc2c(n1C(C)c1ccccc1)CCCC2N. The number of nitrogens with zero attached hydrogens (tertiary/aromatic N) is 1. The van der Waals surface area contributed by atoms with Crippen LogP contribution < -0.4 is 5.73 Å². The van der Waals surface area contributed by atoms with Crippen LogP contribution in [0.3, 0.4) is 0 Å². The van der Waals surface area contributed by atoms with Crippen LogP contribution in [-0.4, -0.2) is 4.57 Å². The van der Waals surface area contributed by atoms with Crippen molar-refractivity contribution in [3.05, 3.63) is 58.9 Å². The molecule has 2 nitrogen and oxygen atoms in total. The molecule has 0 amide bonds. The molecule has 0 fully saturated rings. The predicted octanol–water partition coefficient (Wildman–Crippen LogP) is 3.74. The van der Waals surface area contributed by atoms with Gasteiger partial charge in [-0.2, -0.15) is 0 Å². The molecule has 0 aliphatic heterocycles. The van der Waals surface area contributed by atoms with Gasteiger partial charge in [0.25, 0.3) is 0 Å². The van der Waals surface area contributed by atoms with E-state index in [1.54, 1.807) is 0 Å². The van der Waals surface area contributed by atoms with Crippen molar-refractivity contribution in [1.82, 2.24) is 4.57 Å². The van der Waals surface area contributed by atoms with E-state index >= 15 is 0 Å². The highest BCUT2D eigenvalue weighted by atomic mass is 15.0. The molecule has 100 valence electrons. The minimum Gasteiger partial charge on any atom is -0.341 e. The van der Waals surface area contributed by atoms with Gasteiger partial charge in [-0.25, -0.2) is 0 Å². The van der Waals surface area contributed by atoms with Crippen molar-refractivity contribution in [3.63, 3.8) is 0 Å².